The number of nitrogens with two attached hydrogens (primary N) is 1. The number of rotatable bonds is 5. The summed E-state index contributed by atoms with van der Waals surface area (Å²) in [6.45, 7) is 6.65. The van der Waals surface area contributed by atoms with Crippen LogP contribution in [-0.4, -0.2) is 25.0 Å². The van der Waals surface area contributed by atoms with Crippen LogP contribution in [0.2, 0.25) is 0 Å². The Morgan fingerprint density at radius 3 is 2.74 bits per heavy atom. The second-order valence-electron chi connectivity index (χ2n) is 4.59. The number of nitriles is 1. The first kappa shape index (κ1) is 14.8. The van der Waals surface area contributed by atoms with E-state index in [1.165, 1.54) is 0 Å². The topological polar surface area (TPSA) is 82.2 Å². The molecule has 3 N–H and O–H groups in total. The molecule has 0 bridgehead atoms. The van der Waals surface area contributed by atoms with E-state index in [0.717, 1.165) is 5.69 Å². The van der Waals surface area contributed by atoms with Gasteiger partial charge in [-0.25, -0.2) is 0 Å². The fourth-order valence-electron chi connectivity index (χ4n) is 1.83. The van der Waals surface area contributed by atoms with Crippen molar-refractivity contribution >= 4 is 17.3 Å². The molecule has 0 aliphatic heterocycles. The van der Waals surface area contributed by atoms with Crippen molar-refractivity contribution in [1.82, 2.24) is 5.32 Å². The molecular weight excluding hydrogens is 240 g/mol. The molecule has 102 valence electrons. The van der Waals surface area contributed by atoms with Gasteiger partial charge in [0.1, 0.15) is 6.07 Å². The summed E-state index contributed by atoms with van der Waals surface area (Å²) >= 11 is 0. The van der Waals surface area contributed by atoms with Crippen LogP contribution in [0.4, 0.5) is 11.4 Å². The van der Waals surface area contributed by atoms with Crippen molar-refractivity contribution in [3.05, 3.63) is 23.8 Å². The van der Waals surface area contributed by atoms with Crippen LogP contribution in [0.1, 0.15) is 26.3 Å². The van der Waals surface area contributed by atoms with Crippen molar-refractivity contribution in [3.8, 4) is 6.07 Å². The number of carbonyl (C=O) groups excluding carboxylic acids is 1. The number of likely N-dealkylation sites (N-methyl/N-ethyl adjacent to an activating group) is 1. The Kier molecular flexibility index (Phi) is 5.19. The van der Waals surface area contributed by atoms with Gasteiger partial charge in [0, 0.05) is 12.6 Å². The van der Waals surface area contributed by atoms with E-state index < -0.39 is 0 Å². The van der Waals surface area contributed by atoms with Crippen molar-refractivity contribution in [3.63, 3.8) is 0 Å². The lowest BCUT2D eigenvalue weighted by molar-refractivity contribution is -0.120. The molecule has 1 rings (SSSR count). The molecule has 0 aromatic heterocycles. The second-order valence-corrected chi connectivity index (χ2v) is 4.59. The smallest absolute Gasteiger partial charge is 0.239 e. The number of nitrogens with zero attached hydrogens (tertiary/aromatic N) is 2. The summed E-state index contributed by atoms with van der Waals surface area (Å²) in [5, 5.41) is 11.8. The summed E-state index contributed by atoms with van der Waals surface area (Å²) in [5.41, 5.74) is 7.53. The summed E-state index contributed by atoms with van der Waals surface area (Å²) in [6, 6.07) is 7.41. The summed E-state index contributed by atoms with van der Waals surface area (Å²) in [7, 11) is 0. The zero-order valence-electron chi connectivity index (χ0n) is 11.6. The van der Waals surface area contributed by atoms with Gasteiger partial charge in [0.15, 0.2) is 0 Å². The van der Waals surface area contributed by atoms with E-state index >= 15 is 0 Å². The maximum atomic E-state index is 11.8. The largest absolute Gasteiger partial charge is 0.396 e. The molecule has 1 aromatic rings. The Hall–Kier alpha value is -2.22. The fourth-order valence-corrected chi connectivity index (χ4v) is 1.83. The Morgan fingerprint density at radius 1 is 1.53 bits per heavy atom. The van der Waals surface area contributed by atoms with Gasteiger partial charge >= 0.3 is 0 Å². The zero-order chi connectivity index (χ0) is 14.4. The predicted octanol–water partition coefficient (Wildman–Crippen LogP) is 1.49. The molecule has 0 saturated heterocycles. The number of amides is 1. The van der Waals surface area contributed by atoms with Gasteiger partial charge in [-0.15, -0.1) is 0 Å². The van der Waals surface area contributed by atoms with Gasteiger partial charge in [0.2, 0.25) is 5.91 Å². The van der Waals surface area contributed by atoms with Crippen LogP contribution >= 0.6 is 0 Å². The molecule has 0 aliphatic rings. The molecule has 0 heterocycles. The van der Waals surface area contributed by atoms with Crippen LogP contribution in [0.15, 0.2) is 18.2 Å². The molecular formula is C14H20N4O. The van der Waals surface area contributed by atoms with Gasteiger partial charge in [-0.2, -0.15) is 5.26 Å². The minimum absolute atomic E-state index is 0.0568. The van der Waals surface area contributed by atoms with Crippen molar-refractivity contribution in [2.45, 2.75) is 26.8 Å². The molecule has 19 heavy (non-hydrogen) atoms. The molecule has 0 aliphatic carbocycles. The van der Waals surface area contributed by atoms with Gasteiger partial charge in [0.25, 0.3) is 0 Å². The van der Waals surface area contributed by atoms with Crippen LogP contribution < -0.4 is 16.0 Å². The van der Waals surface area contributed by atoms with Gasteiger partial charge < -0.3 is 16.0 Å². The van der Waals surface area contributed by atoms with Crippen molar-refractivity contribution in [2.75, 3.05) is 23.7 Å². The number of hydrogen-bond acceptors (Lipinski definition) is 4. The number of anilines is 2. The normalized spacial score (nSPS) is 10.1. The minimum Gasteiger partial charge on any atom is -0.396 e. The Labute approximate surface area is 114 Å². The third kappa shape index (κ3) is 3.88. The quantitative estimate of drug-likeness (QED) is 0.786. The number of hydrogen-bond donors (Lipinski definition) is 2. The molecule has 0 atom stereocenters. The highest BCUT2D eigenvalue weighted by Crippen LogP contribution is 2.25. The SMILES string of the molecule is CCN(CC(=O)NC(C)C)c1cccc(C#N)c1N. The summed E-state index contributed by atoms with van der Waals surface area (Å²) < 4.78 is 0. The summed E-state index contributed by atoms with van der Waals surface area (Å²) in [6.07, 6.45) is 0. The average Bonchev–Trinajstić information content (AvgIpc) is 2.35. The summed E-state index contributed by atoms with van der Waals surface area (Å²) in [5.74, 6) is -0.0568. The fraction of sp³-hybridized carbons (Fsp3) is 0.429. The lowest BCUT2D eigenvalue weighted by Crippen LogP contribution is -2.40. The monoisotopic (exact) mass is 260 g/mol. The molecule has 0 unspecified atom stereocenters. The first-order chi connectivity index (χ1) is 8.99. The number of nitrogens with one attached hydrogen (secondary N) is 1. The molecule has 0 fully saturated rings. The number of para-hydroxylation sites is 1. The number of carbonyl (C=O) groups is 1. The third-order valence-corrected chi connectivity index (χ3v) is 2.71. The van der Waals surface area contributed by atoms with E-state index in [4.69, 9.17) is 11.0 Å². The van der Waals surface area contributed by atoms with Crippen LogP contribution in [-0.2, 0) is 4.79 Å². The van der Waals surface area contributed by atoms with E-state index in [1.54, 1.807) is 12.1 Å². The Bertz CT molecular complexity index is 491. The number of nitrogen functional groups attached to an aromatic ring is 1. The predicted molar refractivity (Wildman–Crippen MR) is 76.7 cm³/mol. The van der Waals surface area contributed by atoms with Crippen LogP contribution in [0, 0.1) is 11.3 Å². The third-order valence-electron chi connectivity index (χ3n) is 2.71. The van der Waals surface area contributed by atoms with Crippen molar-refractivity contribution in [2.24, 2.45) is 0 Å². The molecule has 0 saturated carbocycles. The second kappa shape index (κ2) is 6.64. The van der Waals surface area contributed by atoms with Crippen molar-refractivity contribution < 1.29 is 4.79 Å². The lowest BCUT2D eigenvalue weighted by atomic mass is 10.1. The highest BCUT2D eigenvalue weighted by molar-refractivity contribution is 5.84. The Morgan fingerprint density at radius 2 is 2.21 bits per heavy atom. The van der Waals surface area contributed by atoms with Gasteiger partial charge in [0.05, 0.1) is 23.5 Å². The van der Waals surface area contributed by atoms with Gasteiger partial charge in [-0.3, -0.25) is 4.79 Å². The summed E-state index contributed by atoms with van der Waals surface area (Å²) in [4.78, 5) is 13.7. The van der Waals surface area contributed by atoms with Crippen LogP contribution in [0.25, 0.3) is 0 Å². The van der Waals surface area contributed by atoms with Gasteiger partial charge in [-0.1, -0.05) is 6.07 Å². The molecule has 0 spiro atoms. The highest BCUT2D eigenvalue weighted by Gasteiger charge is 2.14. The van der Waals surface area contributed by atoms with E-state index in [9.17, 15) is 4.79 Å². The van der Waals surface area contributed by atoms with Crippen LogP contribution in [0.3, 0.4) is 0 Å². The van der Waals surface area contributed by atoms with Crippen LogP contribution in [0.5, 0.6) is 0 Å². The lowest BCUT2D eigenvalue weighted by Gasteiger charge is -2.24. The maximum Gasteiger partial charge on any atom is 0.239 e. The minimum atomic E-state index is -0.0568. The maximum absolute atomic E-state index is 11.8. The average molecular weight is 260 g/mol. The standard InChI is InChI=1S/C14H20N4O/c1-4-18(9-13(19)17-10(2)3)12-7-5-6-11(8-15)14(12)16/h5-7,10H,4,9,16H2,1-3H3,(H,17,19). The van der Waals surface area contributed by atoms with E-state index in [0.29, 0.717) is 17.8 Å². The molecule has 1 aromatic carbocycles. The first-order valence-corrected chi connectivity index (χ1v) is 6.32. The molecule has 1 amide bonds. The Balaban J connectivity index is 2.92. The molecule has 0 radical (unpaired) electrons. The zero-order valence-corrected chi connectivity index (χ0v) is 11.6. The molecule has 5 heteroatoms. The highest BCUT2D eigenvalue weighted by atomic mass is 16.2. The molecule has 5 nitrogen and oxygen atoms in total. The van der Waals surface area contributed by atoms with Crippen molar-refractivity contribution in [1.29, 1.82) is 5.26 Å². The number of benzene rings is 1. The van der Waals surface area contributed by atoms with Gasteiger partial charge in [-0.05, 0) is 32.9 Å². The van der Waals surface area contributed by atoms with E-state index in [1.807, 2.05) is 37.8 Å². The van der Waals surface area contributed by atoms with E-state index in [-0.39, 0.29) is 18.5 Å². The first-order valence-electron chi connectivity index (χ1n) is 6.32. The van der Waals surface area contributed by atoms with E-state index in [2.05, 4.69) is 5.32 Å².